The molecule has 0 spiro atoms. The van der Waals surface area contributed by atoms with E-state index in [1.807, 2.05) is 13.8 Å². The van der Waals surface area contributed by atoms with E-state index in [-0.39, 0.29) is 35.0 Å². The number of rotatable bonds is 5. The summed E-state index contributed by atoms with van der Waals surface area (Å²) < 4.78 is 52.7. The van der Waals surface area contributed by atoms with E-state index in [4.69, 9.17) is 0 Å². The van der Waals surface area contributed by atoms with Crippen LogP contribution in [0.15, 0.2) is 42.6 Å². The fourth-order valence-corrected chi connectivity index (χ4v) is 2.31. The van der Waals surface area contributed by atoms with Gasteiger partial charge in [0.15, 0.2) is 5.82 Å². The second kappa shape index (κ2) is 7.75. The van der Waals surface area contributed by atoms with Gasteiger partial charge in [0.2, 0.25) is 11.9 Å². The predicted octanol–water partition coefficient (Wildman–Crippen LogP) is 4.66. The van der Waals surface area contributed by atoms with Gasteiger partial charge in [0, 0.05) is 17.9 Å². The van der Waals surface area contributed by atoms with Crippen LogP contribution >= 0.6 is 0 Å². The van der Waals surface area contributed by atoms with Crippen LogP contribution in [0, 0.1) is 5.82 Å². The number of alkyl halides is 3. The number of nitrogens with one attached hydrogen (secondary N) is 2. The van der Waals surface area contributed by atoms with Gasteiger partial charge < -0.3 is 10.6 Å². The Morgan fingerprint density at radius 2 is 1.68 bits per heavy atom. The Morgan fingerprint density at radius 1 is 0.964 bits per heavy atom. The highest BCUT2D eigenvalue weighted by atomic mass is 19.4. The molecule has 0 aliphatic carbocycles. The van der Waals surface area contributed by atoms with Crippen LogP contribution in [0.25, 0.3) is 11.4 Å². The maximum absolute atomic E-state index is 14.1. The number of halogens is 4. The molecule has 0 unspecified atom stereocenters. The molecule has 146 valence electrons. The van der Waals surface area contributed by atoms with Gasteiger partial charge in [0.05, 0.1) is 5.56 Å². The zero-order chi connectivity index (χ0) is 20.3. The normalized spacial score (nSPS) is 11.5. The summed E-state index contributed by atoms with van der Waals surface area (Å²) in [6, 6.07) is 8.08. The molecule has 0 fully saturated rings. The lowest BCUT2D eigenvalue weighted by molar-refractivity contribution is -0.141. The molecule has 3 rings (SSSR count). The topological polar surface area (TPSA) is 75.6 Å². The molecule has 0 saturated carbocycles. The molecule has 2 heterocycles. The van der Waals surface area contributed by atoms with E-state index in [0.717, 1.165) is 12.3 Å². The lowest BCUT2D eigenvalue weighted by Gasteiger charge is -2.13. The lowest BCUT2D eigenvalue weighted by atomic mass is 10.2. The predicted molar refractivity (Wildman–Crippen MR) is 96.5 cm³/mol. The minimum Gasteiger partial charge on any atom is -0.352 e. The standard InChI is InChI=1S/C18H16F4N6/c1-10(2)24-16-26-15(12-5-3-4-6-13(12)19)27-17(28-16)25-11-7-8-23-14(9-11)18(20,21)22/h3-10H,1-2H3,(H2,23,24,25,26,27,28). The van der Waals surface area contributed by atoms with Crippen LogP contribution in [0.2, 0.25) is 0 Å². The highest BCUT2D eigenvalue weighted by Gasteiger charge is 2.32. The third-order valence-corrected chi connectivity index (χ3v) is 3.47. The average molecular weight is 392 g/mol. The van der Waals surface area contributed by atoms with E-state index in [2.05, 4.69) is 30.6 Å². The van der Waals surface area contributed by atoms with Gasteiger partial charge in [-0.2, -0.15) is 28.1 Å². The van der Waals surface area contributed by atoms with Gasteiger partial charge in [-0.1, -0.05) is 12.1 Å². The summed E-state index contributed by atoms with van der Waals surface area (Å²) in [6.07, 6.45) is -3.56. The number of pyridine rings is 1. The maximum atomic E-state index is 14.1. The summed E-state index contributed by atoms with van der Waals surface area (Å²) in [5.41, 5.74) is -0.824. The summed E-state index contributed by atoms with van der Waals surface area (Å²) in [7, 11) is 0. The van der Waals surface area contributed by atoms with Crippen molar-refractivity contribution in [3.8, 4) is 11.4 Å². The smallest absolute Gasteiger partial charge is 0.352 e. The van der Waals surface area contributed by atoms with Crippen molar-refractivity contribution in [2.45, 2.75) is 26.1 Å². The van der Waals surface area contributed by atoms with Gasteiger partial charge >= 0.3 is 6.18 Å². The summed E-state index contributed by atoms with van der Waals surface area (Å²) in [4.78, 5) is 15.8. The van der Waals surface area contributed by atoms with Crippen LogP contribution in [-0.4, -0.2) is 26.0 Å². The first-order valence-electron chi connectivity index (χ1n) is 8.30. The van der Waals surface area contributed by atoms with E-state index < -0.39 is 17.7 Å². The molecule has 3 aromatic rings. The van der Waals surface area contributed by atoms with Gasteiger partial charge in [-0.3, -0.25) is 4.98 Å². The van der Waals surface area contributed by atoms with Crippen molar-refractivity contribution >= 4 is 17.6 Å². The Morgan fingerprint density at radius 3 is 2.36 bits per heavy atom. The highest BCUT2D eigenvalue weighted by molar-refractivity contribution is 5.61. The average Bonchev–Trinajstić information content (AvgIpc) is 2.61. The third-order valence-electron chi connectivity index (χ3n) is 3.47. The number of aromatic nitrogens is 4. The molecule has 2 aromatic heterocycles. The molecule has 1 aromatic carbocycles. The molecule has 0 aliphatic heterocycles. The Hall–Kier alpha value is -3.30. The van der Waals surface area contributed by atoms with Gasteiger partial charge in [-0.05, 0) is 38.1 Å². The van der Waals surface area contributed by atoms with E-state index in [1.54, 1.807) is 6.07 Å². The second-order valence-electron chi connectivity index (χ2n) is 6.14. The molecule has 0 radical (unpaired) electrons. The van der Waals surface area contributed by atoms with Crippen LogP contribution in [0.1, 0.15) is 19.5 Å². The monoisotopic (exact) mass is 392 g/mol. The Kier molecular flexibility index (Phi) is 5.39. The minimum atomic E-state index is -4.58. The van der Waals surface area contributed by atoms with Crippen molar-refractivity contribution in [2.24, 2.45) is 0 Å². The maximum Gasteiger partial charge on any atom is 0.433 e. The summed E-state index contributed by atoms with van der Waals surface area (Å²) in [5.74, 6) is -0.353. The minimum absolute atomic E-state index is 0.0264. The summed E-state index contributed by atoms with van der Waals surface area (Å²) >= 11 is 0. The van der Waals surface area contributed by atoms with Crippen molar-refractivity contribution in [1.82, 2.24) is 19.9 Å². The molecule has 6 nitrogen and oxygen atoms in total. The van der Waals surface area contributed by atoms with Crippen molar-refractivity contribution in [3.05, 3.63) is 54.1 Å². The van der Waals surface area contributed by atoms with Crippen LogP contribution in [0.3, 0.4) is 0 Å². The molecule has 0 atom stereocenters. The van der Waals surface area contributed by atoms with Gasteiger partial charge in [-0.15, -0.1) is 0 Å². The van der Waals surface area contributed by atoms with Crippen LogP contribution in [0.4, 0.5) is 35.1 Å². The number of hydrogen-bond acceptors (Lipinski definition) is 6. The lowest BCUT2D eigenvalue weighted by Crippen LogP contribution is -2.15. The number of nitrogens with zero attached hydrogens (tertiary/aromatic N) is 4. The first-order chi connectivity index (χ1) is 13.2. The van der Waals surface area contributed by atoms with E-state index in [0.29, 0.717) is 0 Å². The number of anilines is 3. The number of hydrogen-bond donors (Lipinski definition) is 2. The Labute approximate surface area is 158 Å². The first kappa shape index (κ1) is 19.5. The molecule has 0 aliphatic rings. The quantitative estimate of drug-likeness (QED) is 0.616. The molecule has 0 bridgehead atoms. The molecule has 28 heavy (non-hydrogen) atoms. The van der Waals surface area contributed by atoms with Crippen molar-refractivity contribution < 1.29 is 17.6 Å². The van der Waals surface area contributed by atoms with Crippen molar-refractivity contribution in [1.29, 1.82) is 0 Å². The third kappa shape index (κ3) is 4.70. The van der Waals surface area contributed by atoms with Gasteiger partial charge in [-0.25, -0.2) is 4.39 Å². The van der Waals surface area contributed by atoms with E-state index in [9.17, 15) is 17.6 Å². The molecule has 0 saturated heterocycles. The van der Waals surface area contributed by atoms with E-state index in [1.165, 1.54) is 24.3 Å². The Balaban J connectivity index is 2.01. The summed E-state index contributed by atoms with van der Waals surface area (Å²) in [5, 5.41) is 5.67. The zero-order valence-electron chi connectivity index (χ0n) is 14.9. The largest absolute Gasteiger partial charge is 0.433 e. The molecule has 0 amide bonds. The SMILES string of the molecule is CC(C)Nc1nc(Nc2ccnc(C(F)(F)F)c2)nc(-c2ccccc2F)n1. The van der Waals surface area contributed by atoms with Crippen LogP contribution in [0.5, 0.6) is 0 Å². The molecule has 10 heteroatoms. The van der Waals surface area contributed by atoms with Crippen LogP contribution in [-0.2, 0) is 6.18 Å². The van der Waals surface area contributed by atoms with Gasteiger partial charge in [0.25, 0.3) is 0 Å². The molecule has 2 N–H and O–H groups in total. The first-order valence-corrected chi connectivity index (χ1v) is 8.30. The summed E-state index contributed by atoms with van der Waals surface area (Å²) in [6.45, 7) is 3.72. The van der Waals surface area contributed by atoms with Crippen molar-refractivity contribution in [3.63, 3.8) is 0 Å². The van der Waals surface area contributed by atoms with E-state index >= 15 is 0 Å². The fourth-order valence-electron chi connectivity index (χ4n) is 2.31. The van der Waals surface area contributed by atoms with Gasteiger partial charge in [0.1, 0.15) is 11.5 Å². The Bertz CT molecular complexity index is 974. The fraction of sp³-hybridized carbons (Fsp3) is 0.222. The molecular formula is C18H16F4N6. The zero-order valence-corrected chi connectivity index (χ0v) is 14.9. The van der Waals surface area contributed by atoms with Crippen LogP contribution < -0.4 is 10.6 Å². The highest BCUT2D eigenvalue weighted by Crippen LogP contribution is 2.29. The molecular weight excluding hydrogens is 376 g/mol. The number of benzene rings is 1. The van der Waals surface area contributed by atoms with Crippen molar-refractivity contribution in [2.75, 3.05) is 10.6 Å². The second-order valence-corrected chi connectivity index (χ2v) is 6.14.